The molecule has 0 saturated heterocycles. The van der Waals surface area contributed by atoms with Crippen molar-refractivity contribution in [3.63, 3.8) is 0 Å². The highest BCUT2D eigenvalue weighted by Gasteiger charge is 2.25. The van der Waals surface area contributed by atoms with Gasteiger partial charge >= 0.3 is 0 Å². The zero-order valence-corrected chi connectivity index (χ0v) is 12.9. The summed E-state index contributed by atoms with van der Waals surface area (Å²) in [5, 5.41) is 0.606. The van der Waals surface area contributed by atoms with E-state index in [0.29, 0.717) is 5.02 Å². The zero-order valence-electron chi connectivity index (χ0n) is 12.1. The van der Waals surface area contributed by atoms with Crippen molar-refractivity contribution in [3.05, 3.63) is 64.7 Å². The fraction of sp³-hybridized carbons (Fsp3) is 0.176. The molecule has 0 aliphatic carbocycles. The Hall–Kier alpha value is -2.17. The molecule has 3 rings (SSSR count). The molecule has 1 aliphatic rings. The molecule has 1 heterocycles. The quantitative estimate of drug-likeness (QED) is 0.873. The molecule has 112 valence electrons. The lowest BCUT2D eigenvalue weighted by atomic mass is 10.0. The number of methoxy groups -OCH3 is 1. The Morgan fingerprint density at radius 3 is 2.73 bits per heavy atom. The number of nitrogens with zero attached hydrogens (tertiary/aromatic N) is 2. The highest BCUT2D eigenvalue weighted by atomic mass is 35.5. The Kier molecular flexibility index (Phi) is 4.22. The van der Waals surface area contributed by atoms with Crippen LogP contribution in [0.15, 0.2) is 53.5 Å². The Labute approximate surface area is 134 Å². The average molecular weight is 315 g/mol. The number of anilines is 1. The van der Waals surface area contributed by atoms with Gasteiger partial charge in [0.05, 0.1) is 11.4 Å². The van der Waals surface area contributed by atoms with Crippen molar-refractivity contribution in [2.24, 2.45) is 4.99 Å². The van der Waals surface area contributed by atoms with Gasteiger partial charge in [-0.3, -0.25) is 14.7 Å². The lowest BCUT2D eigenvalue weighted by Gasteiger charge is -2.22. The first-order valence-corrected chi connectivity index (χ1v) is 7.27. The van der Waals surface area contributed by atoms with E-state index in [9.17, 15) is 4.79 Å². The van der Waals surface area contributed by atoms with E-state index >= 15 is 0 Å². The van der Waals surface area contributed by atoms with Gasteiger partial charge < -0.3 is 4.74 Å². The van der Waals surface area contributed by atoms with Gasteiger partial charge in [0, 0.05) is 23.3 Å². The van der Waals surface area contributed by atoms with Crippen LogP contribution in [0.2, 0.25) is 5.02 Å². The summed E-state index contributed by atoms with van der Waals surface area (Å²) in [6, 6.07) is 15.2. The minimum absolute atomic E-state index is 0.0832. The topological polar surface area (TPSA) is 41.9 Å². The predicted octanol–water partition coefficient (Wildman–Crippen LogP) is 3.13. The minimum atomic E-state index is -0.101. The molecule has 1 amide bonds. The molecule has 0 aromatic heterocycles. The Morgan fingerprint density at radius 2 is 2.00 bits per heavy atom. The molecule has 4 nitrogen and oxygen atoms in total. The third-order valence-electron chi connectivity index (χ3n) is 3.48. The van der Waals surface area contributed by atoms with Gasteiger partial charge in [-0.2, -0.15) is 0 Å². The smallest absolute Gasteiger partial charge is 0.250 e. The first-order valence-electron chi connectivity index (χ1n) is 6.90. The normalized spacial score (nSPS) is 14.4. The number of hydrogen-bond acceptors (Lipinski definition) is 3. The summed E-state index contributed by atoms with van der Waals surface area (Å²) in [5.41, 5.74) is 3.32. The average Bonchev–Trinajstić information content (AvgIpc) is 2.66. The van der Waals surface area contributed by atoms with Gasteiger partial charge in [-0.25, -0.2) is 0 Å². The van der Waals surface area contributed by atoms with Crippen LogP contribution in [-0.4, -0.2) is 32.0 Å². The number of hydrogen-bond donors (Lipinski definition) is 0. The number of amides is 1. The number of benzodiazepines with no additional fused rings is 1. The molecule has 0 unspecified atom stereocenters. The fourth-order valence-electron chi connectivity index (χ4n) is 2.50. The van der Waals surface area contributed by atoms with Crippen molar-refractivity contribution in [3.8, 4) is 0 Å². The van der Waals surface area contributed by atoms with E-state index in [2.05, 4.69) is 4.99 Å². The number of benzene rings is 2. The van der Waals surface area contributed by atoms with E-state index in [1.165, 1.54) is 0 Å². The van der Waals surface area contributed by atoms with E-state index in [1.54, 1.807) is 18.1 Å². The molecule has 0 radical (unpaired) electrons. The molecular formula is C17H15ClN2O2. The summed E-state index contributed by atoms with van der Waals surface area (Å²) in [5.74, 6) is -0.101. The van der Waals surface area contributed by atoms with Crippen LogP contribution in [0.5, 0.6) is 0 Å². The zero-order chi connectivity index (χ0) is 15.5. The van der Waals surface area contributed by atoms with Crippen LogP contribution in [0.25, 0.3) is 0 Å². The van der Waals surface area contributed by atoms with Gasteiger partial charge in [0.15, 0.2) is 0 Å². The molecule has 2 aromatic rings. The lowest BCUT2D eigenvalue weighted by molar-refractivity contribution is -0.118. The van der Waals surface area contributed by atoms with Gasteiger partial charge in [-0.05, 0) is 18.2 Å². The van der Waals surface area contributed by atoms with E-state index in [-0.39, 0.29) is 19.2 Å². The molecule has 22 heavy (non-hydrogen) atoms. The first-order chi connectivity index (χ1) is 10.7. The van der Waals surface area contributed by atoms with Gasteiger partial charge in [-0.15, -0.1) is 0 Å². The number of halogens is 1. The van der Waals surface area contributed by atoms with Crippen LogP contribution >= 0.6 is 11.6 Å². The molecule has 0 saturated carbocycles. The van der Waals surface area contributed by atoms with E-state index in [0.717, 1.165) is 22.5 Å². The van der Waals surface area contributed by atoms with Gasteiger partial charge in [0.1, 0.15) is 13.3 Å². The maximum atomic E-state index is 12.3. The second kappa shape index (κ2) is 6.30. The number of rotatable bonds is 3. The molecule has 0 fully saturated rings. The van der Waals surface area contributed by atoms with Crippen LogP contribution in [0.1, 0.15) is 11.1 Å². The van der Waals surface area contributed by atoms with Gasteiger partial charge in [0.2, 0.25) is 0 Å². The van der Waals surface area contributed by atoms with Crippen LogP contribution in [0.4, 0.5) is 5.69 Å². The molecule has 2 aromatic carbocycles. The van der Waals surface area contributed by atoms with Crippen molar-refractivity contribution in [2.75, 3.05) is 25.3 Å². The monoisotopic (exact) mass is 314 g/mol. The van der Waals surface area contributed by atoms with Crippen LogP contribution < -0.4 is 4.90 Å². The number of fused-ring (bicyclic) bond motifs is 1. The second-order valence-electron chi connectivity index (χ2n) is 4.93. The van der Waals surface area contributed by atoms with E-state index in [4.69, 9.17) is 16.3 Å². The summed E-state index contributed by atoms with van der Waals surface area (Å²) in [7, 11) is 1.56. The highest BCUT2D eigenvalue weighted by Crippen LogP contribution is 2.29. The summed E-state index contributed by atoms with van der Waals surface area (Å²) < 4.78 is 5.16. The molecule has 0 N–H and O–H groups in total. The molecule has 0 atom stereocenters. The molecule has 0 bridgehead atoms. The Bertz CT molecular complexity index is 729. The highest BCUT2D eigenvalue weighted by molar-refractivity contribution is 6.32. The summed E-state index contributed by atoms with van der Waals surface area (Å²) in [6.07, 6.45) is 0. The predicted molar refractivity (Wildman–Crippen MR) is 87.8 cm³/mol. The van der Waals surface area contributed by atoms with Crippen LogP contribution in [-0.2, 0) is 9.53 Å². The van der Waals surface area contributed by atoms with Crippen LogP contribution in [0.3, 0.4) is 0 Å². The van der Waals surface area contributed by atoms with Gasteiger partial charge in [0.25, 0.3) is 5.91 Å². The first kappa shape index (κ1) is 14.8. The summed E-state index contributed by atoms with van der Waals surface area (Å²) in [4.78, 5) is 18.4. The fourth-order valence-corrected chi connectivity index (χ4v) is 2.67. The third-order valence-corrected chi connectivity index (χ3v) is 3.72. The maximum Gasteiger partial charge on any atom is 0.250 e. The largest absolute Gasteiger partial charge is 0.364 e. The Balaban J connectivity index is 2.18. The van der Waals surface area contributed by atoms with E-state index in [1.807, 2.05) is 42.5 Å². The molecule has 0 spiro atoms. The number of aliphatic imine (C=N–C) groups is 1. The van der Waals surface area contributed by atoms with Crippen molar-refractivity contribution < 1.29 is 9.53 Å². The molecule has 1 aliphatic heterocycles. The van der Waals surface area contributed by atoms with Crippen molar-refractivity contribution in [2.45, 2.75) is 0 Å². The summed E-state index contributed by atoms with van der Waals surface area (Å²) in [6.45, 7) is 0.269. The minimum Gasteiger partial charge on any atom is -0.364 e. The Morgan fingerprint density at radius 1 is 1.23 bits per heavy atom. The number of carbonyl (C=O) groups excluding carboxylic acids is 1. The van der Waals surface area contributed by atoms with Crippen LogP contribution in [0, 0.1) is 0 Å². The number of ether oxygens (including phenoxy) is 1. The molecular weight excluding hydrogens is 300 g/mol. The van der Waals surface area contributed by atoms with Crippen molar-refractivity contribution in [1.29, 1.82) is 0 Å². The SMILES string of the molecule is COCN1C(=O)CN=C(c2ccccc2)c2cc(Cl)ccc21. The van der Waals surface area contributed by atoms with Crippen molar-refractivity contribution in [1.82, 2.24) is 0 Å². The second-order valence-corrected chi connectivity index (χ2v) is 5.37. The third kappa shape index (κ3) is 2.75. The number of carbonyl (C=O) groups is 1. The van der Waals surface area contributed by atoms with E-state index < -0.39 is 0 Å². The molecule has 5 heteroatoms. The van der Waals surface area contributed by atoms with Crippen molar-refractivity contribution >= 4 is 28.9 Å². The van der Waals surface area contributed by atoms with Gasteiger partial charge in [-0.1, -0.05) is 41.9 Å². The summed E-state index contributed by atoms with van der Waals surface area (Å²) >= 11 is 6.15. The lowest BCUT2D eigenvalue weighted by Crippen LogP contribution is -2.34. The maximum absolute atomic E-state index is 12.3. The standard InChI is InChI=1S/C17H15ClN2O2/c1-22-11-20-15-8-7-13(18)9-14(15)17(19-10-16(20)21)12-5-3-2-4-6-12/h2-9H,10-11H2,1H3.